The molecule has 1 aliphatic heterocycles. The molecule has 0 radical (unpaired) electrons. The van der Waals surface area contributed by atoms with E-state index < -0.39 is 0 Å². The van der Waals surface area contributed by atoms with Gasteiger partial charge in [-0.3, -0.25) is 0 Å². The molecule has 0 fully saturated rings. The van der Waals surface area contributed by atoms with Crippen molar-refractivity contribution >= 4 is 44.2 Å². The molecule has 1 atom stereocenters. The predicted octanol–water partition coefficient (Wildman–Crippen LogP) is 3.97. The number of nitrogens with one attached hydrogen (secondary N) is 1. The van der Waals surface area contributed by atoms with Gasteiger partial charge in [0.2, 0.25) is 0 Å². The van der Waals surface area contributed by atoms with Gasteiger partial charge < -0.3 is 5.32 Å². The summed E-state index contributed by atoms with van der Waals surface area (Å²) in [5, 5.41) is 3.44. The molecular weight excluding hydrogens is 341 g/mol. The Balaban J connectivity index is 2.56. The van der Waals surface area contributed by atoms with Gasteiger partial charge in [0.05, 0.1) is 5.69 Å². The van der Waals surface area contributed by atoms with E-state index in [9.17, 15) is 0 Å². The lowest BCUT2D eigenvalue weighted by Gasteiger charge is -2.25. The lowest BCUT2D eigenvalue weighted by atomic mass is 9.93. The summed E-state index contributed by atoms with van der Waals surface area (Å²) in [7, 11) is 0. The van der Waals surface area contributed by atoms with Crippen LogP contribution in [0, 0.1) is 3.57 Å². The normalized spacial score (nSPS) is 20.7. The molecule has 0 spiro atoms. The van der Waals surface area contributed by atoms with E-state index in [1.807, 2.05) is 0 Å². The van der Waals surface area contributed by atoms with Crippen molar-refractivity contribution in [3.63, 3.8) is 0 Å². The number of hydrogen-bond acceptors (Lipinski definition) is 1. The van der Waals surface area contributed by atoms with Crippen molar-refractivity contribution in [2.75, 3.05) is 11.9 Å². The monoisotopic (exact) mass is 351 g/mol. The third-order valence-corrected chi connectivity index (χ3v) is 3.74. The minimum absolute atomic E-state index is 0.683. The minimum atomic E-state index is 0.683. The molecule has 2 rings (SSSR count). The van der Waals surface area contributed by atoms with E-state index in [0.29, 0.717) is 5.92 Å². The molecule has 0 amide bonds. The summed E-state index contributed by atoms with van der Waals surface area (Å²) >= 11 is 5.96. The highest BCUT2D eigenvalue weighted by atomic mass is 127. The smallest absolute Gasteiger partial charge is 0.0520 e. The fourth-order valence-corrected chi connectivity index (χ4v) is 3.43. The Morgan fingerprint density at radius 1 is 1.54 bits per heavy atom. The van der Waals surface area contributed by atoms with E-state index in [-0.39, 0.29) is 0 Å². The van der Waals surface area contributed by atoms with E-state index in [1.165, 1.54) is 25.7 Å². The highest BCUT2D eigenvalue weighted by molar-refractivity contribution is 14.1. The van der Waals surface area contributed by atoms with Gasteiger partial charge in [-0.1, -0.05) is 6.92 Å². The van der Waals surface area contributed by atoms with Crippen LogP contribution < -0.4 is 5.32 Å². The molecule has 0 aromatic heterocycles. The van der Waals surface area contributed by atoms with Crippen molar-refractivity contribution in [1.82, 2.24) is 0 Å². The van der Waals surface area contributed by atoms with Gasteiger partial charge in [0.15, 0.2) is 0 Å². The average molecular weight is 352 g/mol. The molecule has 1 aliphatic rings. The van der Waals surface area contributed by atoms with Crippen LogP contribution >= 0.6 is 38.5 Å². The van der Waals surface area contributed by atoms with E-state index >= 15 is 0 Å². The van der Waals surface area contributed by atoms with Crippen molar-refractivity contribution in [3.8, 4) is 0 Å². The third-order valence-electron chi connectivity index (χ3n) is 2.50. The standard InChI is InChI=1S/C10H11BrIN/c1-6-2-3-13-10-8(6)4-7(12)5-9(10)11/h4-6,13H,2-3H2,1H3. The summed E-state index contributed by atoms with van der Waals surface area (Å²) in [5.41, 5.74) is 2.74. The van der Waals surface area contributed by atoms with Gasteiger partial charge in [0, 0.05) is 14.6 Å². The Kier molecular flexibility index (Phi) is 2.83. The topological polar surface area (TPSA) is 12.0 Å². The first-order valence-electron chi connectivity index (χ1n) is 4.41. The van der Waals surface area contributed by atoms with Crippen molar-refractivity contribution in [3.05, 3.63) is 25.7 Å². The molecule has 1 unspecified atom stereocenters. The zero-order valence-electron chi connectivity index (χ0n) is 7.40. The second-order valence-corrected chi connectivity index (χ2v) is 5.57. The fourth-order valence-electron chi connectivity index (χ4n) is 1.74. The minimum Gasteiger partial charge on any atom is -0.384 e. The van der Waals surface area contributed by atoms with Gasteiger partial charge in [0.1, 0.15) is 0 Å². The van der Waals surface area contributed by atoms with Crippen LogP contribution in [-0.4, -0.2) is 6.54 Å². The SMILES string of the molecule is CC1CCNc2c(Br)cc(I)cc21. The summed E-state index contributed by atoms with van der Waals surface area (Å²) in [6, 6.07) is 4.43. The first-order valence-corrected chi connectivity index (χ1v) is 6.28. The van der Waals surface area contributed by atoms with Gasteiger partial charge >= 0.3 is 0 Å². The lowest BCUT2D eigenvalue weighted by molar-refractivity contribution is 0.682. The zero-order chi connectivity index (χ0) is 9.42. The predicted molar refractivity (Wildman–Crippen MR) is 68.4 cm³/mol. The van der Waals surface area contributed by atoms with Crippen LogP contribution in [0.4, 0.5) is 5.69 Å². The molecular formula is C10H11BrIN. The summed E-state index contributed by atoms with van der Waals surface area (Å²) in [4.78, 5) is 0. The molecule has 1 heterocycles. The Morgan fingerprint density at radius 3 is 3.08 bits per heavy atom. The second kappa shape index (κ2) is 3.77. The molecule has 13 heavy (non-hydrogen) atoms. The first-order chi connectivity index (χ1) is 6.18. The van der Waals surface area contributed by atoms with E-state index in [0.717, 1.165) is 6.54 Å². The van der Waals surface area contributed by atoms with E-state index in [1.54, 1.807) is 0 Å². The first kappa shape index (κ1) is 9.77. The molecule has 1 aromatic rings. The van der Waals surface area contributed by atoms with Crippen LogP contribution in [0.3, 0.4) is 0 Å². The molecule has 3 heteroatoms. The second-order valence-electron chi connectivity index (χ2n) is 3.47. The molecule has 0 aliphatic carbocycles. The Labute approximate surface area is 101 Å². The average Bonchev–Trinajstić information content (AvgIpc) is 2.07. The summed E-state index contributed by atoms with van der Waals surface area (Å²) in [6.45, 7) is 3.38. The van der Waals surface area contributed by atoms with Crippen LogP contribution in [0.2, 0.25) is 0 Å². The van der Waals surface area contributed by atoms with Crippen LogP contribution in [0.25, 0.3) is 0 Å². The van der Waals surface area contributed by atoms with E-state index in [4.69, 9.17) is 0 Å². The van der Waals surface area contributed by atoms with Gasteiger partial charge in [-0.15, -0.1) is 0 Å². The highest BCUT2D eigenvalue weighted by Gasteiger charge is 2.18. The Hall–Kier alpha value is 0.230. The number of fused-ring (bicyclic) bond motifs is 1. The largest absolute Gasteiger partial charge is 0.384 e. The third kappa shape index (κ3) is 1.86. The van der Waals surface area contributed by atoms with Crippen LogP contribution in [0.15, 0.2) is 16.6 Å². The Bertz CT molecular complexity index is 338. The molecule has 0 saturated carbocycles. The van der Waals surface area contributed by atoms with Crippen LogP contribution in [0.5, 0.6) is 0 Å². The zero-order valence-corrected chi connectivity index (χ0v) is 11.1. The van der Waals surface area contributed by atoms with Crippen molar-refractivity contribution in [2.45, 2.75) is 19.3 Å². The maximum Gasteiger partial charge on any atom is 0.0520 e. The van der Waals surface area contributed by atoms with Crippen molar-refractivity contribution in [1.29, 1.82) is 0 Å². The molecule has 0 saturated heterocycles. The Morgan fingerprint density at radius 2 is 2.31 bits per heavy atom. The maximum atomic E-state index is 3.59. The molecule has 70 valence electrons. The number of hydrogen-bond donors (Lipinski definition) is 1. The maximum absolute atomic E-state index is 3.59. The quantitative estimate of drug-likeness (QED) is 0.697. The van der Waals surface area contributed by atoms with Gasteiger partial charge in [0.25, 0.3) is 0 Å². The lowest BCUT2D eigenvalue weighted by Crippen LogP contribution is -2.15. The van der Waals surface area contributed by atoms with E-state index in [2.05, 4.69) is 62.9 Å². The van der Waals surface area contributed by atoms with Gasteiger partial charge in [-0.2, -0.15) is 0 Å². The van der Waals surface area contributed by atoms with Crippen molar-refractivity contribution in [2.24, 2.45) is 0 Å². The number of halogens is 2. The van der Waals surface area contributed by atoms with Gasteiger partial charge in [-0.05, 0) is 68.6 Å². The summed E-state index contributed by atoms with van der Waals surface area (Å²) in [6.07, 6.45) is 1.24. The molecule has 1 N–H and O–H groups in total. The summed E-state index contributed by atoms with van der Waals surface area (Å²) < 4.78 is 2.50. The van der Waals surface area contributed by atoms with Gasteiger partial charge in [-0.25, -0.2) is 0 Å². The van der Waals surface area contributed by atoms with Crippen molar-refractivity contribution < 1.29 is 0 Å². The molecule has 0 bridgehead atoms. The fraction of sp³-hybridized carbons (Fsp3) is 0.400. The van der Waals surface area contributed by atoms with Crippen LogP contribution in [0.1, 0.15) is 24.8 Å². The molecule has 1 aromatic carbocycles. The molecule has 1 nitrogen and oxygen atoms in total. The highest BCUT2D eigenvalue weighted by Crippen LogP contribution is 2.37. The van der Waals surface area contributed by atoms with Crippen LogP contribution in [-0.2, 0) is 0 Å². The summed E-state index contributed by atoms with van der Waals surface area (Å²) in [5.74, 6) is 0.683. The number of rotatable bonds is 0. The number of anilines is 1. The number of benzene rings is 1.